The Hall–Kier alpha value is -1.08. The number of hydrogen-bond acceptors (Lipinski definition) is 2. The molecule has 0 bridgehead atoms. The zero-order valence-corrected chi connectivity index (χ0v) is 12.3. The van der Waals surface area contributed by atoms with Crippen LogP contribution < -0.4 is 11.3 Å². The maximum absolute atomic E-state index is 14.1. The van der Waals surface area contributed by atoms with Gasteiger partial charge in [-0.15, -0.1) is 0 Å². The highest BCUT2D eigenvalue weighted by atomic mass is 79.9. The Bertz CT molecular complexity index is 652. The largest absolute Gasteiger partial charge is 0.271 e. The van der Waals surface area contributed by atoms with Crippen LogP contribution in [0.2, 0.25) is 5.02 Å². The van der Waals surface area contributed by atoms with Gasteiger partial charge >= 0.3 is 0 Å². The van der Waals surface area contributed by atoms with E-state index in [4.69, 9.17) is 17.4 Å². The normalized spacial score (nSPS) is 12.5. The Morgan fingerprint density at radius 3 is 2.45 bits per heavy atom. The first-order valence-electron chi connectivity index (χ1n) is 5.50. The predicted octanol–water partition coefficient (Wildman–Crippen LogP) is 4.07. The Kier molecular flexibility index (Phi) is 4.70. The minimum atomic E-state index is -1.06. The number of nitrogens with two attached hydrogens (primary N) is 1. The summed E-state index contributed by atoms with van der Waals surface area (Å²) in [7, 11) is 0. The van der Waals surface area contributed by atoms with E-state index in [0.29, 0.717) is 4.47 Å². The van der Waals surface area contributed by atoms with E-state index in [-0.39, 0.29) is 16.1 Å². The highest BCUT2D eigenvalue weighted by Gasteiger charge is 2.22. The van der Waals surface area contributed by atoms with Crippen molar-refractivity contribution in [3.8, 4) is 0 Å². The lowest BCUT2D eigenvalue weighted by molar-refractivity contribution is 0.523. The third-order valence-electron chi connectivity index (χ3n) is 2.81. The minimum absolute atomic E-state index is 0.0187. The fourth-order valence-electron chi connectivity index (χ4n) is 1.85. The monoisotopic (exact) mass is 364 g/mol. The van der Waals surface area contributed by atoms with Gasteiger partial charge in [0.05, 0.1) is 11.1 Å². The summed E-state index contributed by atoms with van der Waals surface area (Å²) in [6.45, 7) is 0. The highest BCUT2D eigenvalue weighted by molar-refractivity contribution is 9.10. The van der Waals surface area contributed by atoms with Gasteiger partial charge in [-0.05, 0) is 40.2 Å². The first-order chi connectivity index (χ1) is 9.45. The Morgan fingerprint density at radius 1 is 1.10 bits per heavy atom. The molecule has 1 atom stereocenters. The SMILES string of the molecule is NNC(c1cc(F)ccc1F)c1ccc(Br)c(Cl)c1F. The van der Waals surface area contributed by atoms with Crippen LogP contribution in [-0.4, -0.2) is 0 Å². The van der Waals surface area contributed by atoms with Crippen molar-refractivity contribution in [2.24, 2.45) is 5.84 Å². The number of benzene rings is 2. The Balaban J connectivity index is 2.58. The van der Waals surface area contributed by atoms with Crippen molar-refractivity contribution in [2.45, 2.75) is 6.04 Å². The van der Waals surface area contributed by atoms with Crippen LogP contribution >= 0.6 is 27.5 Å². The zero-order valence-electron chi connectivity index (χ0n) is 9.93. The molecule has 2 aromatic rings. The van der Waals surface area contributed by atoms with Gasteiger partial charge < -0.3 is 0 Å². The van der Waals surface area contributed by atoms with E-state index in [2.05, 4.69) is 21.4 Å². The molecular weight excluding hydrogens is 357 g/mol. The maximum Gasteiger partial charge on any atom is 0.148 e. The van der Waals surface area contributed by atoms with E-state index in [1.807, 2.05) is 0 Å². The fraction of sp³-hybridized carbons (Fsp3) is 0.0769. The summed E-state index contributed by atoms with van der Waals surface area (Å²) in [6, 6.07) is 4.71. The van der Waals surface area contributed by atoms with Crippen molar-refractivity contribution < 1.29 is 13.2 Å². The third kappa shape index (κ3) is 2.83. The molecular formula is C13H9BrClF3N2. The smallest absolute Gasteiger partial charge is 0.148 e. The van der Waals surface area contributed by atoms with E-state index in [0.717, 1.165) is 18.2 Å². The molecule has 0 aliphatic carbocycles. The van der Waals surface area contributed by atoms with Crippen LogP contribution in [0.15, 0.2) is 34.8 Å². The predicted molar refractivity (Wildman–Crippen MR) is 74.6 cm³/mol. The van der Waals surface area contributed by atoms with E-state index < -0.39 is 23.5 Å². The summed E-state index contributed by atoms with van der Waals surface area (Å²) in [5, 5.41) is -0.153. The average molecular weight is 366 g/mol. The molecule has 0 aliphatic rings. The topological polar surface area (TPSA) is 38.0 Å². The van der Waals surface area contributed by atoms with Crippen LogP contribution in [0.1, 0.15) is 17.2 Å². The van der Waals surface area contributed by atoms with Crippen molar-refractivity contribution in [1.29, 1.82) is 0 Å². The van der Waals surface area contributed by atoms with Crippen LogP contribution in [0.25, 0.3) is 0 Å². The molecule has 0 saturated heterocycles. The maximum atomic E-state index is 14.1. The van der Waals surface area contributed by atoms with Crippen molar-refractivity contribution in [3.05, 3.63) is 68.4 Å². The molecule has 1 unspecified atom stereocenters. The van der Waals surface area contributed by atoms with E-state index in [1.54, 1.807) is 0 Å². The molecule has 2 nitrogen and oxygen atoms in total. The van der Waals surface area contributed by atoms with Gasteiger partial charge in [0.2, 0.25) is 0 Å². The van der Waals surface area contributed by atoms with Gasteiger partial charge in [0.15, 0.2) is 0 Å². The molecule has 0 spiro atoms. The average Bonchev–Trinajstić information content (AvgIpc) is 2.43. The number of nitrogens with one attached hydrogen (secondary N) is 1. The van der Waals surface area contributed by atoms with Crippen molar-refractivity contribution in [3.63, 3.8) is 0 Å². The van der Waals surface area contributed by atoms with E-state index >= 15 is 0 Å². The van der Waals surface area contributed by atoms with Crippen LogP contribution in [0.3, 0.4) is 0 Å². The Morgan fingerprint density at radius 2 is 1.80 bits per heavy atom. The molecule has 0 heterocycles. The zero-order chi connectivity index (χ0) is 14.9. The number of halogens is 5. The summed E-state index contributed by atoms with van der Waals surface area (Å²) in [5.74, 6) is 3.25. The number of hydrogen-bond donors (Lipinski definition) is 2. The molecule has 2 rings (SSSR count). The minimum Gasteiger partial charge on any atom is -0.271 e. The Labute approximate surface area is 126 Å². The van der Waals surface area contributed by atoms with Crippen LogP contribution in [0.4, 0.5) is 13.2 Å². The molecule has 3 N–H and O–H groups in total. The number of rotatable bonds is 3. The standard InChI is InChI=1S/C13H9BrClF3N2/c14-9-3-2-7(12(18)11(9)15)13(20-19)8-5-6(16)1-4-10(8)17/h1-5,13,20H,19H2. The second-order valence-corrected chi connectivity index (χ2v) is 5.26. The molecule has 0 aliphatic heterocycles. The lowest BCUT2D eigenvalue weighted by Gasteiger charge is -2.19. The molecule has 0 saturated carbocycles. The van der Waals surface area contributed by atoms with Crippen molar-refractivity contribution >= 4 is 27.5 Å². The molecule has 0 aromatic heterocycles. The quantitative estimate of drug-likeness (QED) is 0.489. The summed E-state index contributed by atoms with van der Waals surface area (Å²) in [4.78, 5) is 0. The summed E-state index contributed by atoms with van der Waals surface area (Å²) < 4.78 is 41.5. The first-order valence-corrected chi connectivity index (χ1v) is 6.67. The van der Waals surface area contributed by atoms with E-state index in [9.17, 15) is 13.2 Å². The molecule has 0 radical (unpaired) electrons. The van der Waals surface area contributed by atoms with Crippen molar-refractivity contribution in [2.75, 3.05) is 0 Å². The highest BCUT2D eigenvalue weighted by Crippen LogP contribution is 2.33. The summed E-state index contributed by atoms with van der Waals surface area (Å²) in [6.07, 6.45) is 0. The van der Waals surface area contributed by atoms with E-state index in [1.165, 1.54) is 12.1 Å². The third-order valence-corrected chi connectivity index (χ3v) is 4.07. The molecule has 2 aromatic carbocycles. The van der Waals surface area contributed by atoms with Gasteiger partial charge in [-0.25, -0.2) is 18.6 Å². The van der Waals surface area contributed by atoms with Gasteiger partial charge in [-0.3, -0.25) is 5.84 Å². The fourth-order valence-corrected chi connectivity index (χ4v) is 2.33. The summed E-state index contributed by atoms with van der Waals surface area (Å²) >= 11 is 8.86. The van der Waals surface area contributed by atoms with Gasteiger partial charge in [-0.2, -0.15) is 0 Å². The molecule has 106 valence electrons. The van der Waals surface area contributed by atoms with Gasteiger partial charge in [0.1, 0.15) is 17.5 Å². The van der Waals surface area contributed by atoms with Gasteiger partial charge in [-0.1, -0.05) is 17.7 Å². The first kappa shape index (κ1) is 15.3. The second-order valence-electron chi connectivity index (χ2n) is 4.03. The molecule has 0 fully saturated rings. The van der Waals surface area contributed by atoms with Crippen LogP contribution in [-0.2, 0) is 0 Å². The lowest BCUT2D eigenvalue weighted by Crippen LogP contribution is -2.30. The second kappa shape index (κ2) is 6.13. The lowest BCUT2D eigenvalue weighted by atomic mass is 9.98. The van der Waals surface area contributed by atoms with Crippen LogP contribution in [0.5, 0.6) is 0 Å². The van der Waals surface area contributed by atoms with Crippen LogP contribution in [0, 0.1) is 17.5 Å². The molecule has 0 amide bonds. The van der Waals surface area contributed by atoms with Gasteiger partial charge in [0.25, 0.3) is 0 Å². The van der Waals surface area contributed by atoms with Gasteiger partial charge in [0, 0.05) is 15.6 Å². The summed E-state index contributed by atoms with van der Waals surface area (Å²) in [5.41, 5.74) is 2.18. The number of hydrazine groups is 1. The molecule has 20 heavy (non-hydrogen) atoms. The molecule has 7 heteroatoms. The van der Waals surface area contributed by atoms with Crippen molar-refractivity contribution in [1.82, 2.24) is 5.43 Å².